The molecule has 1 aromatic heterocycles. The Labute approximate surface area is 160 Å². The zero-order valence-corrected chi connectivity index (χ0v) is 16.5. The van der Waals surface area contributed by atoms with Crippen molar-refractivity contribution in [3.05, 3.63) is 36.2 Å². The van der Waals surface area contributed by atoms with Crippen LogP contribution < -0.4 is 24.8 Å². The van der Waals surface area contributed by atoms with Crippen LogP contribution in [0.25, 0.3) is 0 Å². The molecule has 1 heterocycles. The number of nitrogens with one attached hydrogen (secondary N) is 2. The van der Waals surface area contributed by atoms with E-state index < -0.39 is 0 Å². The van der Waals surface area contributed by atoms with Crippen LogP contribution in [0.4, 0.5) is 11.4 Å². The molecule has 0 fully saturated rings. The maximum Gasteiger partial charge on any atom is 0.257 e. The summed E-state index contributed by atoms with van der Waals surface area (Å²) in [7, 11) is 4.58. The van der Waals surface area contributed by atoms with Crippen molar-refractivity contribution in [2.45, 2.75) is 20.3 Å². The summed E-state index contributed by atoms with van der Waals surface area (Å²) in [5.41, 5.74) is 1.80. The molecule has 0 aliphatic rings. The van der Waals surface area contributed by atoms with E-state index in [2.05, 4.69) is 29.5 Å². The van der Waals surface area contributed by atoms with E-state index in [1.807, 2.05) is 0 Å². The summed E-state index contributed by atoms with van der Waals surface area (Å²) < 4.78 is 15.9. The quantitative estimate of drug-likeness (QED) is 0.695. The molecule has 2 N–H and O–H groups in total. The standard InChI is InChI=1S/C20H27N3O4/c1-13(2)6-7-22-16-8-14(11-21-12-16)20(24)23-15-9-17(25-3)19(27-5)18(10-15)26-4/h8-13,22H,6-7H2,1-5H3,(H,23,24). The number of pyridine rings is 1. The van der Waals surface area contributed by atoms with Crippen molar-refractivity contribution in [2.24, 2.45) is 5.92 Å². The maximum absolute atomic E-state index is 12.6. The predicted molar refractivity (Wildman–Crippen MR) is 106 cm³/mol. The molecule has 0 spiro atoms. The number of amides is 1. The Bertz CT molecular complexity index is 753. The van der Waals surface area contributed by atoms with Gasteiger partial charge in [-0.1, -0.05) is 13.8 Å². The molecule has 0 aliphatic carbocycles. The van der Waals surface area contributed by atoms with Gasteiger partial charge in [0.2, 0.25) is 5.75 Å². The zero-order chi connectivity index (χ0) is 19.8. The molecule has 2 rings (SSSR count). The maximum atomic E-state index is 12.6. The lowest BCUT2D eigenvalue weighted by atomic mass is 10.1. The van der Waals surface area contributed by atoms with Crippen molar-refractivity contribution in [2.75, 3.05) is 38.5 Å². The fraction of sp³-hybridized carbons (Fsp3) is 0.400. The number of hydrogen-bond acceptors (Lipinski definition) is 6. The number of nitrogens with zero attached hydrogens (tertiary/aromatic N) is 1. The largest absolute Gasteiger partial charge is 0.493 e. The van der Waals surface area contributed by atoms with Crippen LogP contribution in [0.3, 0.4) is 0 Å². The van der Waals surface area contributed by atoms with Gasteiger partial charge in [0.05, 0.1) is 32.6 Å². The highest BCUT2D eigenvalue weighted by Crippen LogP contribution is 2.40. The second kappa shape index (κ2) is 9.66. The van der Waals surface area contributed by atoms with Crippen molar-refractivity contribution >= 4 is 17.3 Å². The smallest absolute Gasteiger partial charge is 0.257 e. The first-order valence-corrected chi connectivity index (χ1v) is 8.78. The summed E-state index contributed by atoms with van der Waals surface area (Å²) >= 11 is 0. The number of anilines is 2. The normalized spacial score (nSPS) is 10.4. The van der Waals surface area contributed by atoms with Gasteiger partial charge in [0, 0.05) is 36.8 Å². The molecule has 0 radical (unpaired) electrons. The average molecular weight is 373 g/mol. The van der Waals surface area contributed by atoms with Gasteiger partial charge in [-0.25, -0.2) is 0 Å². The SMILES string of the molecule is COc1cc(NC(=O)c2cncc(NCCC(C)C)c2)cc(OC)c1OC. The summed E-state index contributed by atoms with van der Waals surface area (Å²) in [4.78, 5) is 16.8. The molecule has 0 aliphatic heterocycles. The highest BCUT2D eigenvalue weighted by Gasteiger charge is 2.15. The van der Waals surface area contributed by atoms with E-state index >= 15 is 0 Å². The summed E-state index contributed by atoms with van der Waals surface area (Å²) in [6.07, 6.45) is 4.28. The lowest BCUT2D eigenvalue weighted by Gasteiger charge is -2.15. The Morgan fingerprint density at radius 2 is 1.67 bits per heavy atom. The van der Waals surface area contributed by atoms with Crippen LogP contribution in [0.15, 0.2) is 30.6 Å². The van der Waals surface area contributed by atoms with E-state index in [0.717, 1.165) is 18.7 Å². The fourth-order valence-corrected chi connectivity index (χ4v) is 2.52. The van der Waals surface area contributed by atoms with Crippen molar-refractivity contribution in [1.29, 1.82) is 0 Å². The second-order valence-corrected chi connectivity index (χ2v) is 6.44. The molecular formula is C20H27N3O4. The molecular weight excluding hydrogens is 346 g/mol. The van der Waals surface area contributed by atoms with Crippen molar-refractivity contribution in [3.8, 4) is 17.2 Å². The van der Waals surface area contributed by atoms with Gasteiger partial charge < -0.3 is 24.8 Å². The van der Waals surface area contributed by atoms with E-state index in [9.17, 15) is 4.79 Å². The molecule has 7 heteroatoms. The van der Waals surface area contributed by atoms with Gasteiger partial charge in [-0.2, -0.15) is 0 Å². The first-order valence-electron chi connectivity index (χ1n) is 8.78. The second-order valence-electron chi connectivity index (χ2n) is 6.44. The van der Waals surface area contributed by atoms with Gasteiger partial charge in [0.25, 0.3) is 5.91 Å². The molecule has 2 aromatic rings. The monoisotopic (exact) mass is 373 g/mol. The van der Waals surface area contributed by atoms with Crippen molar-refractivity contribution in [1.82, 2.24) is 4.98 Å². The topological polar surface area (TPSA) is 81.7 Å². The number of methoxy groups -OCH3 is 3. The Kier molecular flexibility index (Phi) is 7.28. The van der Waals surface area contributed by atoms with E-state index in [1.165, 1.54) is 27.5 Å². The Balaban J connectivity index is 2.15. The Morgan fingerprint density at radius 1 is 1.00 bits per heavy atom. The number of aromatic nitrogens is 1. The summed E-state index contributed by atoms with van der Waals surface area (Å²) in [5, 5.41) is 6.13. The average Bonchev–Trinajstić information content (AvgIpc) is 2.67. The van der Waals surface area contributed by atoms with Crippen LogP contribution >= 0.6 is 0 Å². The lowest BCUT2D eigenvalue weighted by Crippen LogP contribution is -2.13. The van der Waals surface area contributed by atoms with Crippen LogP contribution in [-0.2, 0) is 0 Å². The van der Waals surface area contributed by atoms with Crippen molar-refractivity contribution in [3.63, 3.8) is 0 Å². The van der Waals surface area contributed by atoms with Gasteiger partial charge in [-0.05, 0) is 18.4 Å². The number of hydrogen-bond donors (Lipinski definition) is 2. The third kappa shape index (κ3) is 5.51. The van der Waals surface area contributed by atoms with Crippen LogP contribution in [0.2, 0.25) is 0 Å². The van der Waals surface area contributed by atoms with Crippen LogP contribution in [0.1, 0.15) is 30.6 Å². The summed E-state index contributed by atoms with van der Waals surface area (Å²) in [6.45, 7) is 5.17. The number of ether oxygens (including phenoxy) is 3. The predicted octanol–water partition coefficient (Wildman–Crippen LogP) is 3.82. The van der Waals surface area contributed by atoms with Gasteiger partial charge in [-0.15, -0.1) is 0 Å². The molecule has 1 aromatic carbocycles. The summed E-state index contributed by atoms with van der Waals surface area (Å²) in [6, 6.07) is 5.13. The molecule has 0 unspecified atom stereocenters. The fourth-order valence-electron chi connectivity index (χ4n) is 2.52. The van der Waals surface area contributed by atoms with Gasteiger partial charge in [-0.3, -0.25) is 9.78 Å². The van der Waals surface area contributed by atoms with E-state index in [-0.39, 0.29) is 5.91 Å². The molecule has 0 saturated carbocycles. The molecule has 7 nitrogen and oxygen atoms in total. The molecule has 0 bridgehead atoms. The van der Waals surface area contributed by atoms with E-state index in [4.69, 9.17) is 14.2 Å². The minimum Gasteiger partial charge on any atom is -0.493 e. The number of benzene rings is 1. The molecule has 1 amide bonds. The third-order valence-electron chi connectivity index (χ3n) is 3.97. The first kappa shape index (κ1) is 20.4. The van der Waals surface area contributed by atoms with E-state index in [1.54, 1.807) is 24.4 Å². The highest BCUT2D eigenvalue weighted by molar-refractivity contribution is 6.04. The number of rotatable bonds is 9. The Hall–Kier alpha value is -2.96. The number of carbonyl (C=O) groups excluding carboxylic acids is 1. The van der Waals surface area contributed by atoms with Crippen molar-refractivity contribution < 1.29 is 19.0 Å². The first-order chi connectivity index (χ1) is 13.0. The van der Waals surface area contributed by atoms with Crippen LogP contribution in [-0.4, -0.2) is 38.8 Å². The third-order valence-corrected chi connectivity index (χ3v) is 3.97. The zero-order valence-electron chi connectivity index (χ0n) is 16.5. The van der Waals surface area contributed by atoms with Gasteiger partial charge >= 0.3 is 0 Å². The van der Waals surface area contributed by atoms with Gasteiger partial charge in [0.15, 0.2) is 11.5 Å². The van der Waals surface area contributed by atoms with Gasteiger partial charge in [0.1, 0.15) is 0 Å². The van der Waals surface area contributed by atoms with Crippen LogP contribution in [0, 0.1) is 5.92 Å². The van der Waals surface area contributed by atoms with E-state index in [0.29, 0.717) is 34.4 Å². The summed E-state index contributed by atoms with van der Waals surface area (Å²) in [5.74, 6) is 1.74. The molecule has 27 heavy (non-hydrogen) atoms. The lowest BCUT2D eigenvalue weighted by molar-refractivity contribution is 0.102. The molecule has 0 saturated heterocycles. The molecule has 0 atom stereocenters. The Morgan fingerprint density at radius 3 is 2.22 bits per heavy atom. The minimum atomic E-state index is -0.274. The minimum absolute atomic E-state index is 0.274. The highest BCUT2D eigenvalue weighted by atomic mass is 16.5. The van der Waals surface area contributed by atoms with Crippen LogP contribution in [0.5, 0.6) is 17.2 Å². The number of carbonyl (C=O) groups is 1. The molecule has 146 valence electrons.